The number of aromatic nitrogens is 2. The van der Waals surface area contributed by atoms with Crippen molar-refractivity contribution in [3.63, 3.8) is 0 Å². The molecule has 0 fully saturated rings. The van der Waals surface area contributed by atoms with Crippen molar-refractivity contribution < 1.29 is 4.79 Å². The summed E-state index contributed by atoms with van der Waals surface area (Å²) in [6, 6.07) is 0. The van der Waals surface area contributed by atoms with E-state index >= 15 is 0 Å². The van der Waals surface area contributed by atoms with Crippen molar-refractivity contribution >= 4 is 22.7 Å². The SMILES string of the molecule is CN(C)C(=O)C1CN=C(c2cncnc2)S1. The first-order valence-electron chi connectivity index (χ1n) is 4.86. The number of nitrogens with zero attached hydrogens (tertiary/aromatic N) is 4. The minimum absolute atomic E-state index is 0.0978. The molecule has 1 aromatic rings. The molecule has 1 unspecified atom stereocenters. The highest BCUT2D eigenvalue weighted by atomic mass is 32.2. The van der Waals surface area contributed by atoms with Crippen LogP contribution in [0.5, 0.6) is 0 Å². The standard InChI is InChI=1S/C10H12N4OS/c1-14(2)10(15)8-5-13-9(16-8)7-3-11-6-12-4-7/h3-4,6,8H,5H2,1-2H3. The third-order valence-electron chi connectivity index (χ3n) is 2.18. The molecule has 6 heteroatoms. The maximum Gasteiger partial charge on any atom is 0.237 e. The Morgan fingerprint density at radius 2 is 2.12 bits per heavy atom. The maximum absolute atomic E-state index is 11.7. The summed E-state index contributed by atoms with van der Waals surface area (Å²) in [5, 5.41) is 0.742. The second-order valence-corrected chi connectivity index (χ2v) is 4.80. The van der Waals surface area contributed by atoms with Crippen LogP contribution in [0.1, 0.15) is 5.56 Å². The molecule has 1 aliphatic heterocycles. The van der Waals surface area contributed by atoms with Gasteiger partial charge >= 0.3 is 0 Å². The first-order valence-corrected chi connectivity index (χ1v) is 5.74. The number of aliphatic imine (C=N–C) groups is 1. The molecule has 0 aromatic carbocycles. The Bertz CT molecular complexity index is 418. The Kier molecular flexibility index (Phi) is 3.19. The van der Waals surface area contributed by atoms with Gasteiger partial charge in [-0.15, -0.1) is 0 Å². The lowest BCUT2D eigenvalue weighted by Crippen LogP contribution is -2.32. The quantitative estimate of drug-likeness (QED) is 0.747. The fourth-order valence-electron chi connectivity index (χ4n) is 1.36. The molecule has 16 heavy (non-hydrogen) atoms. The lowest BCUT2D eigenvalue weighted by atomic mass is 10.3. The molecule has 0 radical (unpaired) electrons. The van der Waals surface area contributed by atoms with E-state index in [9.17, 15) is 4.79 Å². The Morgan fingerprint density at radius 3 is 2.75 bits per heavy atom. The lowest BCUT2D eigenvalue weighted by molar-refractivity contribution is -0.127. The van der Waals surface area contributed by atoms with Crippen molar-refractivity contribution in [2.75, 3.05) is 20.6 Å². The summed E-state index contributed by atoms with van der Waals surface area (Å²) in [5.74, 6) is 0.0978. The van der Waals surface area contributed by atoms with Gasteiger partial charge in [0.1, 0.15) is 16.6 Å². The second-order valence-electron chi connectivity index (χ2n) is 3.61. The van der Waals surface area contributed by atoms with Crippen LogP contribution in [-0.4, -0.2) is 51.7 Å². The zero-order valence-electron chi connectivity index (χ0n) is 9.12. The van der Waals surface area contributed by atoms with Crippen LogP contribution in [0.15, 0.2) is 23.7 Å². The molecule has 1 aliphatic rings. The van der Waals surface area contributed by atoms with Gasteiger partial charge in [-0.25, -0.2) is 9.97 Å². The first kappa shape index (κ1) is 11.1. The molecule has 0 N–H and O–H groups in total. The topological polar surface area (TPSA) is 58.5 Å². The molecule has 1 atom stereocenters. The van der Waals surface area contributed by atoms with Crippen LogP contribution in [0, 0.1) is 0 Å². The molecule has 1 aromatic heterocycles. The summed E-state index contributed by atoms with van der Waals surface area (Å²) >= 11 is 1.48. The van der Waals surface area contributed by atoms with E-state index in [0.29, 0.717) is 6.54 Å². The summed E-state index contributed by atoms with van der Waals surface area (Å²) in [6.45, 7) is 0.534. The van der Waals surface area contributed by atoms with Crippen LogP contribution in [-0.2, 0) is 4.79 Å². The normalized spacial score (nSPS) is 19.4. The zero-order chi connectivity index (χ0) is 11.5. The Balaban J connectivity index is 2.06. The number of thioether (sulfide) groups is 1. The highest BCUT2D eigenvalue weighted by Gasteiger charge is 2.28. The van der Waals surface area contributed by atoms with E-state index in [4.69, 9.17) is 0 Å². The fourth-order valence-corrected chi connectivity index (χ4v) is 2.48. The summed E-state index contributed by atoms with van der Waals surface area (Å²) in [7, 11) is 3.51. The number of carbonyl (C=O) groups is 1. The average Bonchev–Trinajstić information content (AvgIpc) is 2.78. The monoisotopic (exact) mass is 236 g/mol. The van der Waals surface area contributed by atoms with Crippen molar-refractivity contribution in [3.05, 3.63) is 24.3 Å². The van der Waals surface area contributed by atoms with Crippen molar-refractivity contribution in [2.24, 2.45) is 4.99 Å². The summed E-state index contributed by atoms with van der Waals surface area (Å²) < 4.78 is 0. The van der Waals surface area contributed by atoms with Crippen molar-refractivity contribution in [3.8, 4) is 0 Å². The van der Waals surface area contributed by atoms with Crippen LogP contribution < -0.4 is 0 Å². The first-order chi connectivity index (χ1) is 7.68. The molecule has 2 rings (SSSR count). The minimum Gasteiger partial charge on any atom is -0.348 e. The number of rotatable bonds is 2. The summed E-state index contributed by atoms with van der Waals surface area (Å²) in [6.07, 6.45) is 4.90. The van der Waals surface area contributed by atoms with E-state index in [1.165, 1.54) is 18.1 Å². The van der Waals surface area contributed by atoms with Gasteiger partial charge in [-0.1, -0.05) is 11.8 Å². The van der Waals surface area contributed by atoms with Crippen molar-refractivity contribution in [2.45, 2.75) is 5.25 Å². The maximum atomic E-state index is 11.7. The molecular weight excluding hydrogens is 224 g/mol. The second kappa shape index (κ2) is 4.61. The van der Waals surface area contributed by atoms with Gasteiger partial charge in [0.25, 0.3) is 0 Å². The molecule has 0 spiro atoms. The van der Waals surface area contributed by atoms with Gasteiger partial charge in [0, 0.05) is 32.1 Å². The van der Waals surface area contributed by atoms with Gasteiger partial charge < -0.3 is 4.90 Å². The largest absolute Gasteiger partial charge is 0.348 e. The van der Waals surface area contributed by atoms with E-state index in [2.05, 4.69) is 15.0 Å². The van der Waals surface area contributed by atoms with E-state index in [-0.39, 0.29) is 11.2 Å². The predicted octanol–water partition coefficient (Wildman–Crippen LogP) is 0.427. The Labute approximate surface area is 98.0 Å². The van der Waals surface area contributed by atoms with E-state index in [0.717, 1.165) is 10.6 Å². The summed E-state index contributed by atoms with van der Waals surface area (Å²) in [5.41, 5.74) is 0.876. The number of amides is 1. The smallest absolute Gasteiger partial charge is 0.237 e. The molecule has 5 nitrogen and oxygen atoms in total. The van der Waals surface area contributed by atoms with Crippen LogP contribution in [0.4, 0.5) is 0 Å². The van der Waals surface area contributed by atoms with Gasteiger partial charge in [0.2, 0.25) is 5.91 Å². The van der Waals surface area contributed by atoms with Gasteiger partial charge in [-0.05, 0) is 0 Å². The molecule has 0 aliphatic carbocycles. The van der Waals surface area contributed by atoms with E-state index in [1.807, 2.05) is 0 Å². The van der Waals surface area contributed by atoms with Gasteiger partial charge in [0.05, 0.1) is 6.54 Å². The highest BCUT2D eigenvalue weighted by Crippen LogP contribution is 2.25. The van der Waals surface area contributed by atoms with Gasteiger partial charge in [-0.2, -0.15) is 0 Å². The molecule has 0 saturated heterocycles. The van der Waals surface area contributed by atoms with Crippen LogP contribution in [0.3, 0.4) is 0 Å². The molecule has 2 heterocycles. The molecule has 84 valence electrons. The molecule has 1 amide bonds. The number of carbonyl (C=O) groups excluding carboxylic acids is 1. The number of hydrogen-bond donors (Lipinski definition) is 0. The minimum atomic E-state index is -0.106. The fraction of sp³-hybridized carbons (Fsp3) is 0.400. The van der Waals surface area contributed by atoms with Gasteiger partial charge in [0.15, 0.2) is 0 Å². The number of hydrogen-bond acceptors (Lipinski definition) is 5. The van der Waals surface area contributed by atoms with Crippen LogP contribution in [0.25, 0.3) is 0 Å². The van der Waals surface area contributed by atoms with Crippen molar-refractivity contribution in [1.29, 1.82) is 0 Å². The third-order valence-corrected chi connectivity index (χ3v) is 3.40. The van der Waals surface area contributed by atoms with Crippen LogP contribution in [0.2, 0.25) is 0 Å². The zero-order valence-corrected chi connectivity index (χ0v) is 9.94. The van der Waals surface area contributed by atoms with E-state index in [1.54, 1.807) is 31.4 Å². The molecular formula is C10H12N4OS. The average molecular weight is 236 g/mol. The Morgan fingerprint density at radius 1 is 1.44 bits per heavy atom. The van der Waals surface area contributed by atoms with Crippen molar-refractivity contribution in [1.82, 2.24) is 14.9 Å². The van der Waals surface area contributed by atoms with Crippen LogP contribution >= 0.6 is 11.8 Å². The predicted molar refractivity (Wildman–Crippen MR) is 63.5 cm³/mol. The van der Waals surface area contributed by atoms with E-state index < -0.39 is 0 Å². The molecule has 0 bridgehead atoms. The highest BCUT2D eigenvalue weighted by molar-refractivity contribution is 8.15. The van der Waals surface area contributed by atoms with Gasteiger partial charge in [-0.3, -0.25) is 9.79 Å². The molecule has 0 saturated carbocycles. The lowest BCUT2D eigenvalue weighted by Gasteiger charge is -2.14. The third kappa shape index (κ3) is 2.21. The Hall–Kier alpha value is -1.43. The summed E-state index contributed by atoms with van der Waals surface area (Å²) in [4.78, 5) is 25.5.